The molecule has 0 atom stereocenters. The largest absolute Gasteiger partial charge is 0.493 e. The van der Waals surface area contributed by atoms with Gasteiger partial charge in [0.25, 0.3) is 0 Å². The molecule has 0 aromatic heterocycles. The number of ether oxygens (including phenoxy) is 2. The van der Waals surface area contributed by atoms with Crippen LogP contribution < -0.4 is 14.8 Å². The lowest BCUT2D eigenvalue weighted by Crippen LogP contribution is -2.15. The first-order valence-electron chi connectivity index (χ1n) is 6.92. The molecule has 116 valence electrons. The summed E-state index contributed by atoms with van der Waals surface area (Å²) in [6.07, 6.45) is 3.68. The molecule has 1 rings (SSSR count). The number of halogens is 2. The summed E-state index contributed by atoms with van der Waals surface area (Å²) in [6.45, 7) is 6.53. The Morgan fingerprint density at radius 1 is 1.20 bits per heavy atom. The standard InChI is InChI=1S/C15H24ClNO2.ClH/c1-4-6-7-8-17-11-12-9-13(16)10-14(18-3)15(12)19-5-2;/h9-10,17H,4-8,11H2,1-3H3;1H. The SMILES string of the molecule is CCCCCNCc1cc(Cl)cc(OC)c1OCC.Cl. The lowest BCUT2D eigenvalue weighted by Gasteiger charge is -2.15. The van der Waals surface area contributed by atoms with Gasteiger partial charge >= 0.3 is 0 Å². The summed E-state index contributed by atoms with van der Waals surface area (Å²) in [5, 5.41) is 4.09. The Hall–Kier alpha value is -0.640. The van der Waals surface area contributed by atoms with E-state index in [1.807, 2.05) is 13.0 Å². The summed E-state index contributed by atoms with van der Waals surface area (Å²) < 4.78 is 11.0. The monoisotopic (exact) mass is 321 g/mol. The molecule has 0 spiro atoms. The normalized spacial score (nSPS) is 10.0. The van der Waals surface area contributed by atoms with Gasteiger partial charge in [-0.15, -0.1) is 12.4 Å². The van der Waals surface area contributed by atoms with E-state index in [1.54, 1.807) is 13.2 Å². The zero-order valence-corrected chi connectivity index (χ0v) is 14.1. The third kappa shape index (κ3) is 6.21. The van der Waals surface area contributed by atoms with E-state index >= 15 is 0 Å². The van der Waals surface area contributed by atoms with Crippen molar-refractivity contribution in [1.29, 1.82) is 0 Å². The molecule has 0 bridgehead atoms. The van der Waals surface area contributed by atoms with Crippen LogP contribution >= 0.6 is 24.0 Å². The summed E-state index contributed by atoms with van der Waals surface area (Å²) in [4.78, 5) is 0. The van der Waals surface area contributed by atoms with Gasteiger partial charge < -0.3 is 14.8 Å². The van der Waals surface area contributed by atoms with Gasteiger partial charge in [-0.1, -0.05) is 31.4 Å². The molecule has 1 aromatic rings. The third-order valence-electron chi connectivity index (χ3n) is 2.88. The van der Waals surface area contributed by atoms with Crippen LogP contribution in [0.3, 0.4) is 0 Å². The molecule has 0 amide bonds. The van der Waals surface area contributed by atoms with Crippen LogP contribution in [0.5, 0.6) is 11.5 Å². The second-order valence-electron chi connectivity index (χ2n) is 4.41. The second-order valence-corrected chi connectivity index (χ2v) is 4.85. The molecule has 0 aliphatic heterocycles. The third-order valence-corrected chi connectivity index (χ3v) is 3.10. The van der Waals surface area contributed by atoms with Crippen molar-refractivity contribution in [3.63, 3.8) is 0 Å². The zero-order valence-electron chi connectivity index (χ0n) is 12.5. The number of hydrogen-bond acceptors (Lipinski definition) is 3. The highest BCUT2D eigenvalue weighted by molar-refractivity contribution is 6.30. The van der Waals surface area contributed by atoms with Gasteiger partial charge in [0.05, 0.1) is 13.7 Å². The van der Waals surface area contributed by atoms with Crippen molar-refractivity contribution in [2.75, 3.05) is 20.3 Å². The molecule has 0 saturated carbocycles. The van der Waals surface area contributed by atoms with Gasteiger partial charge in [0.2, 0.25) is 0 Å². The quantitative estimate of drug-likeness (QED) is 0.681. The van der Waals surface area contributed by atoms with E-state index in [1.165, 1.54) is 19.3 Å². The number of methoxy groups -OCH3 is 1. The van der Waals surface area contributed by atoms with Gasteiger partial charge in [-0.2, -0.15) is 0 Å². The maximum absolute atomic E-state index is 6.10. The Labute approximate surface area is 133 Å². The van der Waals surface area contributed by atoms with Crippen LogP contribution in [-0.2, 0) is 6.54 Å². The molecule has 0 fully saturated rings. The topological polar surface area (TPSA) is 30.5 Å². The first-order chi connectivity index (χ1) is 9.22. The molecule has 1 N–H and O–H groups in total. The minimum atomic E-state index is 0. The predicted molar refractivity (Wildman–Crippen MR) is 87.7 cm³/mol. The second kappa shape index (κ2) is 11.1. The molecule has 0 aliphatic rings. The van der Waals surface area contributed by atoms with Crippen molar-refractivity contribution in [2.45, 2.75) is 39.7 Å². The van der Waals surface area contributed by atoms with Crippen molar-refractivity contribution >= 4 is 24.0 Å². The van der Waals surface area contributed by atoms with Crippen LogP contribution in [0, 0.1) is 0 Å². The van der Waals surface area contributed by atoms with Crippen LogP contribution in [0.4, 0.5) is 0 Å². The highest BCUT2D eigenvalue weighted by Gasteiger charge is 2.12. The molecular weight excluding hydrogens is 297 g/mol. The van der Waals surface area contributed by atoms with Gasteiger partial charge in [0, 0.05) is 23.2 Å². The molecule has 0 unspecified atom stereocenters. The summed E-state index contributed by atoms with van der Waals surface area (Å²) in [6, 6.07) is 3.72. The first kappa shape index (κ1) is 19.4. The number of unbranched alkanes of at least 4 members (excludes halogenated alkanes) is 2. The van der Waals surface area contributed by atoms with Crippen LogP contribution in [-0.4, -0.2) is 20.3 Å². The van der Waals surface area contributed by atoms with Gasteiger partial charge in [-0.25, -0.2) is 0 Å². The summed E-state index contributed by atoms with van der Waals surface area (Å²) in [5.74, 6) is 1.48. The van der Waals surface area contributed by atoms with E-state index in [2.05, 4.69) is 12.2 Å². The van der Waals surface area contributed by atoms with Gasteiger partial charge in [-0.3, -0.25) is 0 Å². The Morgan fingerprint density at radius 2 is 1.95 bits per heavy atom. The lowest BCUT2D eigenvalue weighted by atomic mass is 10.1. The summed E-state index contributed by atoms with van der Waals surface area (Å²) >= 11 is 6.10. The average molecular weight is 322 g/mol. The molecular formula is C15H25Cl2NO2. The minimum Gasteiger partial charge on any atom is -0.493 e. The number of rotatable bonds is 9. The van der Waals surface area contributed by atoms with E-state index in [0.29, 0.717) is 17.4 Å². The van der Waals surface area contributed by atoms with Crippen molar-refractivity contribution in [3.8, 4) is 11.5 Å². The molecule has 0 aliphatic carbocycles. The number of benzene rings is 1. The fraction of sp³-hybridized carbons (Fsp3) is 0.600. The molecule has 0 heterocycles. The average Bonchev–Trinajstić information content (AvgIpc) is 2.41. The molecule has 20 heavy (non-hydrogen) atoms. The molecule has 1 aromatic carbocycles. The fourth-order valence-electron chi connectivity index (χ4n) is 1.94. The molecule has 3 nitrogen and oxygen atoms in total. The fourth-order valence-corrected chi connectivity index (χ4v) is 2.17. The van der Waals surface area contributed by atoms with E-state index in [0.717, 1.165) is 24.4 Å². The van der Waals surface area contributed by atoms with Crippen molar-refractivity contribution in [3.05, 3.63) is 22.7 Å². The van der Waals surface area contributed by atoms with Crippen LogP contribution in [0.1, 0.15) is 38.7 Å². The van der Waals surface area contributed by atoms with Crippen molar-refractivity contribution < 1.29 is 9.47 Å². The van der Waals surface area contributed by atoms with Crippen molar-refractivity contribution in [1.82, 2.24) is 5.32 Å². The molecule has 0 radical (unpaired) electrons. The lowest BCUT2D eigenvalue weighted by molar-refractivity contribution is 0.307. The van der Waals surface area contributed by atoms with Crippen molar-refractivity contribution in [2.24, 2.45) is 0 Å². The highest BCUT2D eigenvalue weighted by Crippen LogP contribution is 2.34. The Kier molecular flexibility index (Phi) is 10.7. The zero-order chi connectivity index (χ0) is 14.1. The summed E-state index contributed by atoms with van der Waals surface area (Å²) in [5.41, 5.74) is 1.04. The van der Waals surface area contributed by atoms with E-state index in [9.17, 15) is 0 Å². The van der Waals surface area contributed by atoms with Gasteiger partial charge in [0.1, 0.15) is 0 Å². The Balaban J connectivity index is 0.00000361. The predicted octanol–water partition coefficient (Wildman–Crippen LogP) is 4.45. The van der Waals surface area contributed by atoms with Crippen LogP contribution in [0.25, 0.3) is 0 Å². The Morgan fingerprint density at radius 3 is 2.55 bits per heavy atom. The number of hydrogen-bond donors (Lipinski definition) is 1. The molecule has 5 heteroatoms. The van der Waals surface area contributed by atoms with Crippen LogP contribution in [0.15, 0.2) is 12.1 Å². The summed E-state index contributed by atoms with van der Waals surface area (Å²) in [7, 11) is 1.63. The van der Waals surface area contributed by atoms with Crippen LogP contribution in [0.2, 0.25) is 5.02 Å². The van der Waals surface area contributed by atoms with Gasteiger partial charge in [0.15, 0.2) is 11.5 Å². The highest BCUT2D eigenvalue weighted by atomic mass is 35.5. The smallest absolute Gasteiger partial charge is 0.165 e. The number of nitrogens with one attached hydrogen (secondary N) is 1. The van der Waals surface area contributed by atoms with Gasteiger partial charge in [-0.05, 0) is 26.0 Å². The Bertz CT molecular complexity index is 386. The minimum absolute atomic E-state index is 0. The van der Waals surface area contributed by atoms with E-state index in [-0.39, 0.29) is 12.4 Å². The first-order valence-corrected chi connectivity index (χ1v) is 7.30. The van der Waals surface area contributed by atoms with E-state index in [4.69, 9.17) is 21.1 Å². The maximum atomic E-state index is 6.10. The molecule has 0 saturated heterocycles. The van der Waals surface area contributed by atoms with E-state index < -0.39 is 0 Å². The maximum Gasteiger partial charge on any atom is 0.165 e.